The topological polar surface area (TPSA) is 63.7 Å². The van der Waals surface area contributed by atoms with Crippen molar-refractivity contribution >= 4 is 17.7 Å². The largest absolute Gasteiger partial charge is 0.460 e. The van der Waals surface area contributed by atoms with Crippen LogP contribution >= 0.6 is 0 Å². The van der Waals surface area contributed by atoms with Crippen LogP contribution in [-0.4, -0.2) is 40.7 Å². The smallest absolute Gasteiger partial charge is 0.310 e. The Bertz CT molecular complexity index is 590. The molecule has 1 spiro atoms. The van der Waals surface area contributed by atoms with Gasteiger partial charge in [-0.3, -0.25) is 14.4 Å². The number of likely N-dealkylation sites (tertiary alicyclic amines) is 1. The van der Waals surface area contributed by atoms with Crippen molar-refractivity contribution < 1.29 is 19.1 Å². The van der Waals surface area contributed by atoms with E-state index in [2.05, 4.69) is 13.8 Å². The molecule has 5 heteroatoms. The van der Waals surface area contributed by atoms with Gasteiger partial charge in [0.25, 0.3) is 0 Å². The van der Waals surface area contributed by atoms with E-state index < -0.39 is 11.0 Å². The minimum Gasteiger partial charge on any atom is -0.460 e. The van der Waals surface area contributed by atoms with Crippen molar-refractivity contribution in [1.29, 1.82) is 0 Å². The third-order valence-corrected chi connectivity index (χ3v) is 5.88. The Morgan fingerprint density at radius 3 is 2.33 bits per heavy atom. The second-order valence-electron chi connectivity index (χ2n) is 10.2. The molecule has 2 rings (SSSR count). The van der Waals surface area contributed by atoms with E-state index in [-0.39, 0.29) is 35.5 Å². The summed E-state index contributed by atoms with van der Waals surface area (Å²) >= 11 is 0. The lowest BCUT2D eigenvalue weighted by molar-refractivity contribution is -0.184. The number of nitrogens with zero attached hydrogens (tertiary/aromatic N) is 1. The fraction of sp³-hybridized carbons (Fsp3) is 0.864. The molecule has 27 heavy (non-hydrogen) atoms. The number of hydrogen-bond acceptors (Lipinski definition) is 4. The number of ether oxygens (including phenoxy) is 1. The highest BCUT2D eigenvalue weighted by atomic mass is 16.6. The van der Waals surface area contributed by atoms with E-state index in [1.54, 1.807) is 4.90 Å². The van der Waals surface area contributed by atoms with E-state index in [4.69, 9.17) is 4.74 Å². The number of hydrogen-bond donors (Lipinski definition) is 0. The van der Waals surface area contributed by atoms with E-state index in [1.807, 2.05) is 34.6 Å². The number of carbonyl (C=O) groups is 3. The molecule has 0 N–H and O–H groups in total. The number of rotatable bonds is 7. The first-order valence-electron chi connectivity index (χ1n) is 10.5. The maximum atomic E-state index is 13.2. The molecule has 0 aromatic heterocycles. The molecule has 154 valence electrons. The standard InChI is InChI=1S/C22H37NO4/c1-14(2)10-11-17(24)18(15(3)4)23-13-22(20(23)26)12-8-9-16(22)19(25)27-21(5,6)7/h14-16,18H,8-13H2,1-7H3/t16?,18-,22?/m0/s1. The summed E-state index contributed by atoms with van der Waals surface area (Å²) in [4.78, 5) is 40.4. The normalized spacial score (nSPS) is 26.6. The predicted octanol–water partition coefficient (Wildman–Crippen LogP) is 3.99. The minimum absolute atomic E-state index is 0.0209. The molecule has 1 amide bonds. The van der Waals surface area contributed by atoms with E-state index in [0.717, 1.165) is 19.3 Å². The minimum atomic E-state index is -0.645. The summed E-state index contributed by atoms with van der Waals surface area (Å²) in [6.07, 6.45) is 3.62. The molecule has 2 unspecified atom stereocenters. The van der Waals surface area contributed by atoms with Gasteiger partial charge in [0, 0.05) is 13.0 Å². The van der Waals surface area contributed by atoms with Gasteiger partial charge in [-0.15, -0.1) is 0 Å². The molecule has 1 aliphatic heterocycles. The molecular weight excluding hydrogens is 342 g/mol. The Hall–Kier alpha value is -1.39. The lowest BCUT2D eigenvalue weighted by Gasteiger charge is -2.53. The Balaban J connectivity index is 2.12. The zero-order valence-corrected chi connectivity index (χ0v) is 18.1. The number of carbonyl (C=O) groups excluding carboxylic acids is 3. The summed E-state index contributed by atoms with van der Waals surface area (Å²) in [6.45, 7) is 14.3. The first-order valence-corrected chi connectivity index (χ1v) is 10.5. The quantitative estimate of drug-likeness (QED) is 0.496. The van der Waals surface area contributed by atoms with Gasteiger partial charge in [-0.1, -0.05) is 34.1 Å². The highest BCUT2D eigenvalue weighted by molar-refractivity contribution is 5.98. The van der Waals surface area contributed by atoms with E-state index in [9.17, 15) is 14.4 Å². The molecule has 0 aromatic rings. The van der Waals surface area contributed by atoms with Crippen LogP contribution in [-0.2, 0) is 19.1 Å². The van der Waals surface area contributed by atoms with Crippen LogP contribution in [0.4, 0.5) is 0 Å². The molecule has 2 fully saturated rings. The van der Waals surface area contributed by atoms with E-state index >= 15 is 0 Å². The maximum Gasteiger partial charge on any atom is 0.310 e. The van der Waals surface area contributed by atoms with Crippen LogP contribution in [0, 0.1) is 23.2 Å². The van der Waals surface area contributed by atoms with Gasteiger partial charge in [-0.25, -0.2) is 0 Å². The van der Waals surface area contributed by atoms with Crippen molar-refractivity contribution in [2.24, 2.45) is 23.2 Å². The second kappa shape index (κ2) is 7.92. The van der Waals surface area contributed by atoms with Gasteiger partial charge in [0.2, 0.25) is 5.91 Å². The zero-order chi connectivity index (χ0) is 20.6. The van der Waals surface area contributed by atoms with Crippen LogP contribution in [0.3, 0.4) is 0 Å². The molecule has 5 nitrogen and oxygen atoms in total. The first-order chi connectivity index (χ1) is 12.4. The zero-order valence-electron chi connectivity index (χ0n) is 18.1. The van der Waals surface area contributed by atoms with Gasteiger partial charge in [0.15, 0.2) is 5.78 Å². The first kappa shape index (κ1) is 21.9. The van der Waals surface area contributed by atoms with E-state index in [1.165, 1.54) is 0 Å². The third kappa shape index (κ3) is 4.55. The monoisotopic (exact) mass is 379 g/mol. The van der Waals surface area contributed by atoms with Gasteiger partial charge in [0.05, 0.1) is 17.4 Å². The Labute approximate surface area is 164 Å². The van der Waals surface area contributed by atoms with Crippen LogP contribution in [0.15, 0.2) is 0 Å². The maximum absolute atomic E-state index is 13.2. The van der Waals surface area contributed by atoms with Crippen molar-refractivity contribution in [3.63, 3.8) is 0 Å². The average molecular weight is 380 g/mol. The highest BCUT2D eigenvalue weighted by Crippen LogP contribution is 2.52. The van der Waals surface area contributed by atoms with Gasteiger partial charge < -0.3 is 9.64 Å². The van der Waals surface area contributed by atoms with Crippen molar-refractivity contribution in [1.82, 2.24) is 4.90 Å². The fourth-order valence-electron chi connectivity index (χ4n) is 4.58. The Kier molecular flexibility index (Phi) is 6.43. The summed E-state index contributed by atoms with van der Waals surface area (Å²) in [6, 6.07) is -0.373. The number of ketones is 1. The van der Waals surface area contributed by atoms with Crippen molar-refractivity contribution in [2.75, 3.05) is 6.54 Å². The lowest BCUT2D eigenvalue weighted by Crippen LogP contribution is -2.69. The summed E-state index contributed by atoms with van der Waals surface area (Å²) in [5, 5.41) is 0. The molecule has 0 bridgehead atoms. The van der Waals surface area contributed by atoms with Crippen LogP contribution in [0.5, 0.6) is 0 Å². The molecule has 2 aliphatic rings. The number of amides is 1. The molecule has 0 radical (unpaired) electrons. The van der Waals surface area contributed by atoms with Gasteiger partial charge in [-0.05, 0) is 51.9 Å². The third-order valence-electron chi connectivity index (χ3n) is 5.88. The summed E-state index contributed by atoms with van der Waals surface area (Å²) in [5.74, 6) is 0.0272. The van der Waals surface area contributed by atoms with Crippen molar-refractivity contribution in [3.8, 4) is 0 Å². The molecule has 1 saturated carbocycles. The van der Waals surface area contributed by atoms with Crippen LogP contribution in [0.2, 0.25) is 0 Å². The van der Waals surface area contributed by atoms with Crippen LogP contribution in [0.25, 0.3) is 0 Å². The van der Waals surface area contributed by atoms with Crippen molar-refractivity contribution in [2.45, 2.75) is 92.2 Å². The number of β-lactam (4-membered cyclic amide) rings is 1. The van der Waals surface area contributed by atoms with Crippen LogP contribution in [0.1, 0.15) is 80.6 Å². The second-order valence-corrected chi connectivity index (χ2v) is 10.2. The van der Waals surface area contributed by atoms with Gasteiger partial charge in [-0.2, -0.15) is 0 Å². The highest BCUT2D eigenvalue weighted by Gasteiger charge is 2.63. The van der Waals surface area contributed by atoms with Gasteiger partial charge in [0.1, 0.15) is 5.60 Å². The molecule has 1 aliphatic carbocycles. The van der Waals surface area contributed by atoms with Crippen LogP contribution < -0.4 is 0 Å². The summed E-state index contributed by atoms with van der Waals surface area (Å²) in [7, 11) is 0. The Morgan fingerprint density at radius 1 is 1.22 bits per heavy atom. The Morgan fingerprint density at radius 2 is 1.85 bits per heavy atom. The van der Waals surface area contributed by atoms with E-state index in [0.29, 0.717) is 25.3 Å². The molecular formula is C22H37NO4. The summed E-state index contributed by atoms with van der Waals surface area (Å²) < 4.78 is 5.58. The average Bonchev–Trinajstić information content (AvgIpc) is 2.97. The summed E-state index contributed by atoms with van der Waals surface area (Å²) in [5.41, 5.74) is -1.20. The predicted molar refractivity (Wildman–Crippen MR) is 105 cm³/mol. The fourth-order valence-corrected chi connectivity index (χ4v) is 4.58. The molecule has 3 atom stereocenters. The molecule has 0 aromatic carbocycles. The molecule has 1 heterocycles. The lowest BCUT2D eigenvalue weighted by atomic mass is 9.68. The molecule has 1 saturated heterocycles. The van der Waals surface area contributed by atoms with Crippen molar-refractivity contribution in [3.05, 3.63) is 0 Å². The SMILES string of the molecule is CC(C)CCC(=O)[C@H](C(C)C)N1CC2(CCCC2C(=O)OC(C)(C)C)C1=O. The number of Topliss-reactive ketones (excluding diaryl/α,β-unsaturated/α-hetero) is 1. The van der Waals surface area contributed by atoms with Gasteiger partial charge >= 0.3 is 5.97 Å². The number of esters is 1.